The molecule has 1 aliphatic heterocycles. The minimum absolute atomic E-state index is 0.366. The second-order valence-electron chi connectivity index (χ2n) is 5.97. The maximum Gasteiger partial charge on any atom is 0.165 e. The van der Waals surface area contributed by atoms with E-state index in [1.165, 1.54) is 12.7 Å². The Morgan fingerprint density at radius 1 is 1.23 bits per heavy atom. The molecule has 3 heterocycles. The molecule has 3 rings (SSSR count). The quantitative estimate of drug-likeness (QED) is 0.706. The number of aromatic nitrogens is 4. The van der Waals surface area contributed by atoms with Crippen LogP contribution < -0.4 is 0 Å². The van der Waals surface area contributed by atoms with Crippen LogP contribution >= 0.6 is 0 Å². The molecule has 1 saturated heterocycles. The second-order valence-corrected chi connectivity index (χ2v) is 5.97. The van der Waals surface area contributed by atoms with E-state index >= 15 is 0 Å². The van der Waals surface area contributed by atoms with E-state index in [0.29, 0.717) is 17.1 Å². The first kappa shape index (κ1) is 15.3. The van der Waals surface area contributed by atoms with Crippen LogP contribution in [-0.2, 0) is 11.2 Å². The zero-order valence-corrected chi connectivity index (χ0v) is 12.5. The minimum atomic E-state index is -1.15. The topological polar surface area (TPSA) is 114 Å². The fourth-order valence-corrected chi connectivity index (χ4v) is 2.73. The molecule has 0 radical (unpaired) electrons. The number of fused-ring (bicyclic) bond motifs is 1. The second kappa shape index (κ2) is 5.88. The maximum atomic E-state index is 10.1. The normalized spacial score (nSPS) is 28.8. The number of nitrogens with zero attached hydrogens (tertiary/aromatic N) is 4. The predicted octanol–water partition coefficient (Wildman–Crippen LogP) is -0.364. The summed E-state index contributed by atoms with van der Waals surface area (Å²) in [5.74, 6) is 0.428. The van der Waals surface area contributed by atoms with Crippen molar-refractivity contribution in [2.45, 2.75) is 44.8 Å². The summed E-state index contributed by atoms with van der Waals surface area (Å²) in [6.45, 7) is 3.82. The Bertz CT molecular complexity index is 659. The summed E-state index contributed by atoms with van der Waals surface area (Å²) in [5, 5.41) is 29.2. The lowest BCUT2D eigenvalue weighted by Gasteiger charge is -2.16. The van der Waals surface area contributed by atoms with Crippen molar-refractivity contribution < 1.29 is 20.1 Å². The van der Waals surface area contributed by atoms with Crippen LogP contribution in [0.5, 0.6) is 0 Å². The molecule has 1 unspecified atom stereocenters. The maximum absolute atomic E-state index is 10.1. The third-order valence-corrected chi connectivity index (χ3v) is 3.83. The lowest BCUT2D eigenvalue weighted by Crippen LogP contribution is -2.33. The van der Waals surface area contributed by atoms with Crippen molar-refractivity contribution in [1.29, 1.82) is 0 Å². The van der Waals surface area contributed by atoms with Gasteiger partial charge in [0.2, 0.25) is 0 Å². The van der Waals surface area contributed by atoms with E-state index in [1.807, 2.05) is 0 Å². The highest BCUT2D eigenvalue weighted by atomic mass is 16.6. The molecule has 0 bridgehead atoms. The molecule has 120 valence electrons. The Balaban J connectivity index is 1.99. The summed E-state index contributed by atoms with van der Waals surface area (Å²) in [7, 11) is 0. The van der Waals surface area contributed by atoms with Crippen LogP contribution in [0.15, 0.2) is 12.7 Å². The number of rotatable bonds is 4. The number of hydrogen-bond acceptors (Lipinski definition) is 7. The van der Waals surface area contributed by atoms with Gasteiger partial charge in [0, 0.05) is 0 Å². The van der Waals surface area contributed by atoms with Crippen molar-refractivity contribution >= 4 is 11.2 Å². The van der Waals surface area contributed by atoms with E-state index in [-0.39, 0.29) is 6.61 Å². The van der Waals surface area contributed by atoms with Gasteiger partial charge in [-0.2, -0.15) is 0 Å². The molecular weight excluding hydrogens is 288 g/mol. The molecule has 4 atom stereocenters. The van der Waals surface area contributed by atoms with Crippen LogP contribution in [0.2, 0.25) is 0 Å². The molecule has 2 aromatic heterocycles. The van der Waals surface area contributed by atoms with E-state index in [4.69, 9.17) is 4.74 Å². The van der Waals surface area contributed by atoms with E-state index in [0.717, 1.165) is 12.1 Å². The number of hydrogen-bond donors (Lipinski definition) is 3. The molecule has 0 amide bonds. The lowest BCUT2D eigenvalue weighted by molar-refractivity contribution is -0.0511. The van der Waals surface area contributed by atoms with Crippen LogP contribution in [0, 0.1) is 5.92 Å². The summed E-state index contributed by atoms with van der Waals surface area (Å²) < 4.78 is 7.09. The van der Waals surface area contributed by atoms with Gasteiger partial charge in [-0.1, -0.05) is 13.8 Å². The monoisotopic (exact) mass is 308 g/mol. The van der Waals surface area contributed by atoms with Crippen molar-refractivity contribution in [2.75, 3.05) is 6.61 Å². The van der Waals surface area contributed by atoms with Crippen molar-refractivity contribution in [3.8, 4) is 0 Å². The number of ether oxygens (including phenoxy) is 1. The summed E-state index contributed by atoms with van der Waals surface area (Å²) in [6, 6.07) is 0. The summed E-state index contributed by atoms with van der Waals surface area (Å²) in [4.78, 5) is 12.8. The Morgan fingerprint density at radius 2 is 2.00 bits per heavy atom. The molecular formula is C14H20N4O4. The molecule has 8 nitrogen and oxygen atoms in total. The van der Waals surface area contributed by atoms with Crippen LogP contribution in [-0.4, -0.2) is 59.8 Å². The Labute approximate surface area is 127 Å². The van der Waals surface area contributed by atoms with E-state index in [9.17, 15) is 15.3 Å². The predicted molar refractivity (Wildman–Crippen MR) is 76.9 cm³/mol. The van der Waals surface area contributed by atoms with Gasteiger partial charge in [0.05, 0.1) is 18.6 Å². The summed E-state index contributed by atoms with van der Waals surface area (Å²) in [5.41, 5.74) is 2.04. The van der Waals surface area contributed by atoms with Crippen LogP contribution in [0.3, 0.4) is 0 Å². The summed E-state index contributed by atoms with van der Waals surface area (Å²) in [6.07, 6.45) is -0.217. The van der Waals surface area contributed by atoms with E-state index in [1.54, 1.807) is 4.57 Å². The first-order valence-corrected chi connectivity index (χ1v) is 7.31. The number of aliphatic hydroxyl groups is 3. The molecule has 8 heteroatoms. The van der Waals surface area contributed by atoms with Gasteiger partial charge < -0.3 is 20.1 Å². The van der Waals surface area contributed by atoms with Crippen molar-refractivity contribution in [3.05, 3.63) is 18.3 Å². The third-order valence-electron chi connectivity index (χ3n) is 3.83. The number of aliphatic hydroxyl groups excluding tert-OH is 3. The third kappa shape index (κ3) is 2.48. The van der Waals surface area contributed by atoms with Crippen molar-refractivity contribution in [1.82, 2.24) is 19.5 Å². The molecule has 2 aromatic rings. The Kier molecular flexibility index (Phi) is 4.09. The van der Waals surface area contributed by atoms with Gasteiger partial charge in [0.1, 0.15) is 30.2 Å². The molecule has 0 aliphatic carbocycles. The molecule has 0 spiro atoms. The van der Waals surface area contributed by atoms with Gasteiger partial charge in [-0.15, -0.1) is 0 Å². The highest BCUT2D eigenvalue weighted by molar-refractivity contribution is 5.73. The molecule has 0 saturated carbocycles. The Hall–Kier alpha value is -1.61. The zero-order valence-electron chi connectivity index (χ0n) is 12.5. The van der Waals surface area contributed by atoms with Crippen LogP contribution in [0.1, 0.15) is 25.8 Å². The van der Waals surface area contributed by atoms with Gasteiger partial charge >= 0.3 is 0 Å². The van der Waals surface area contributed by atoms with Crippen LogP contribution in [0.4, 0.5) is 0 Å². The minimum Gasteiger partial charge on any atom is -0.394 e. The zero-order chi connectivity index (χ0) is 15.9. The fourth-order valence-electron chi connectivity index (χ4n) is 2.73. The fraction of sp³-hybridized carbons (Fsp3) is 0.643. The lowest BCUT2D eigenvalue weighted by atomic mass is 10.1. The standard InChI is InChI=1S/C14H20N4O4/c1-7(2)3-8-10-13(16-5-15-8)18(6-17-10)14-12(21)11(20)9(4-19)22-14/h5-7,9,11-12,14,19-21H,3-4H2,1-2H3/t9-,11-,12-,14?/m1/s1. The first-order valence-electron chi connectivity index (χ1n) is 7.31. The average molecular weight is 308 g/mol. The highest BCUT2D eigenvalue weighted by Crippen LogP contribution is 2.31. The molecule has 0 aromatic carbocycles. The van der Waals surface area contributed by atoms with Gasteiger partial charge in [0.15, 0.2) is 11.9 Å². The van der Waals surface area contributed by atoms with Crippen molar-refractivity contribution in [2.24, 2.45) is 5.92 Å². The average Bonchev–Trinajstić information content (AvgIpc) is 3.02. The number of imidazole rings is 1. The molecule has 3 N–H and O–H groups in total. The van der Waals surface area contributed by atoms with Crippen molar-refractivity contribution in [3.63, 3.8) is 0 Å². The molecule has 22 heavy (non-hydrogen) atoms. The highest BCUT2D eigenvalue weighted by Gasteiger charge is 2.43. The Morgan fingerprint density at radius 3 is 2.64 bits per heavy atom. The van der Waals surface area contributed by atoms with Gasteiger partial charge in [-0.25, -0.2) is 15.0 Å². The van der Waals surface area contributed by atoms with Gasteiger partial charge in [0.25, 0.3) is 0 Å². The SMILES string of the molecule is CC(C)Cc1ncnc2c1ncn2C1O[C@H](CO)[C@@H](O)[C@H]1O. The largest absolute Gasteiger partial charge is 0.394 e. The molecule has 1 fully saturated rings. The molecule has 1 aliphatic rings. The smallest absolute Gasteiger partial charge is 0.165 e. The summed E-state index contributed by atoms with van der Waals surface area (Å²) >= 11 is 0. The van der Waals surface area contributed by atoms with E-state index < -0.39 is 24.5 Å². The van der Waals surface area contributed by atoms with E-state index in [2.05, 4.69) is 28.8 Å². The van der Waals surface area contributed by atoms with Gasteiger partial charge in [-0.05, 0) is 12.3 Å². The van der Waals surface area contributed by atoms with Gasteiger partial charge in [-0.3, -0.25) is 4.57 Å². The van der Waals surface area contributed by atoms with Crippen LogP contribution in [0.25, 0.3) is 11.2 Å². The first-order chi connectivity index (χ1) is 10.5.